The first-order chi connectivity index (χ1) is 9.95. The van der Waals surface area contributed by atoms with Crippen molar-refractivity contribution in [2.75, 3.05) is 5.32 Å². The SMILES string of the molecule is CCC(C)n1ncc(NC(=O)c2c[nH]cc(C)c2=O)c1C. The molecule has 0 bridgehead atoms. The van der Waals surface area contributed by atoms with Gasteiger partial charge < -0.3 is 10.3 Å². The van der Waals surface area contributed by atoms with Crippen LogP contribution in [-0.2, 0) is 0 Å². The van der Waals surface area contributed by atoms with E-state index in [2.05, 4.69) is 29.2 Å². The van der Waals surface area contributed by atoms with E-state index in [1.807, 2.05) is 11.6 Å². The fourth-order valence-corrected chi connectivity index (χ4v) is 2.12. The highest BCUT2D eigenvalue weighted by Gasteiger charge is 2.16. The second-order valence-corrected chi connectivity index (χ2v) is 5.18. The lowest BCUT2D eigenvalue weighted by Crippen LogP contribution is -2.23. The number of nitrogens with one attached hydrogen (secondary N) is 2. The fraction of sp³-hybridized carbons (Fsp3) is 0.400. The molecular formula is C15H20N4O2. The summed E-state index contributed by atoms with van der Waals surface area (Å²) in [7, 11) is 0. The van der Waals surface area contributed by atoms with Gasteiger partial charge in [-0.15, -0.1) is 0 Å². The van der Waals surface area contributed by atoms with E-state index in [0.29, 0.717) is 11.3 Å². The second-order valence-electron chi connectivity index (χ2n) is 5.18. The van der Waals surface area contributed by atoms with Gasteiger partial charge in [0.2, 0.25) is 0 Å². The maximum absolute atomic E-state index is 12.2. The highest BCUT2D eigenvalue weighted by atomic mass is 16.2. The number of rotatable bonds is 4. The third-order valence-electron chi connectivity index (χ3n) is 3.68. The maximum Gasteiger partial charge on any atom is 0.261 e. The van der Waals surface area contributed by atoms with Gasteiger partial charge in [-0.2, -0.15) is 5.10 Å². The zero-order valence-corrected chi connectivity index (χ0v) is 12.7. The number of aromatic nitrogens is 3. The lowest BCUT2D eigenvalue weighted by atomic mass is 10.2. The number of carbonyl (C=O) groups is 1. The number of H-pyrrole nitrogens is 1. The molecule has 2 rings (SSSR count). The number of hydrogen-bond donors (Lipinski definition) is 2. The Bertz CT molecular complexity index is 715. The van der Waals surface area contributed by atoms with Crippen molar-refractivity contribution in [3.05, 3.63) is 45.6 Å². The van der Waals surface area contributed by atoms with Gasteiger partial charge in [-0.25, -0.2) is 0 Å². The van der Waals surface area contributed by atoms with E-state index < -0.39 is 5.91 Å². The van der Waals surface area contributed by atoms with Crippen LogP contribution in [0.25, 0.3) is 0 Å². The smallest absolute Gasteiger partial charge is 0.261 e. The molecule has 0 saturated heterocycles. The Morgan fingerprint density at radius 3 is 2.81 bits per heavy atom. The Kier molecular flexibility index (Phi) is 4.26. The van der Waals surface area contributed by atoms with Gasteiger partial charge >= 0.3 is 0 Å². The van der Waals surface area contributed by atoms with Crippen LogP contribution in [-0.4, -0.2) is 20.7 Å². The van der Waals surface area contributed by atoms with E-state index >= 15 is 0 Å². The molecule has 6 nitrogen and oxygen atoms in total. The van der Waals surface area contributed by atoms with Gasteiger partial charge in [0.05, 0.1) is 17.6 Å². The van der Waals surface area contributed by atoms with Crippen molar-refractivity contribution in [2.24, 2.45) is 0 Å². The van der Waals surface area contributed by atoms with Crippen LogP contribution in [0.1, 0.15) is 47.9 Å². The molecule has 2 aromatic heterocycles. The quantitative estimate of drug-likeness (QED) is 0.906. The summed E-state index contributed by atoms with van der Waals surface area (Å²) in [6.07, 6.45) is 5.56. The Balaban J connectivity index is 2.27. The lowest BCUT2D eigenvalue weighted by molar-refractivity contribution is 0.102. The van der Waals surface area contributed by atoms with Crippen LogP contribution in [0.3, 0.4) is 0 Å². The molecule has 0 aromatic carbocycles. The van der Waals surface area contributed by atoms with E-state index in [-0.39, 0.29) is 17.0 Å². The normalized spacial score (nSPS) is 12.2. The largest absolute Gasteiger partial charge is 0.366 e. The molecule has 0 aliphatic heterocycles. The summed E-state index contributed by atoms with van der Waals surface area (Å²) in [6, 6.07) is 0.262. The fourth-order valence-electron chi connectivity index (χ4n) is 2.12. The summed E-state index contributed by atoms with van der Waals surface area (Å²) in [6.45, 7) is 7.71. The van der Waals surface area contributed by atoms with Crippen molar-refractivity contribution in [3.8, 4) is 0 Å². The minimum Gasteiger partial charge on any atom is -0.366 e. The third kappa shape index (κ3) is 2.89. The van der Waals surface area contributed by atoms with Crippen LogP contribution in [0, 0.1) is 13.8 Å². The molecule has 0 radical (unpaired) electrons. The maximum atomic E-state index is 12.2. The monoisotopic (exact) mass is 288 g/mol. The molecular weight excluding hydrogens is 268 g/mol. The van der Waals surface area contributed by atoms with Crippen LogP contribution in [0.4, 0.5) is 5.69 Å². The number of amides is 1. The molecule has 1 unspecified atom stereocenters. The zero-order chi connectivity index (χ0) is 15.6. The molecule has 0 fully saturated rings. The van der Waals surface area contributed by atoms with Crippen molar-refractivity contribution >= 4 is 11.6 Å². The summed E-state index contributed by atoms with van der Waals surface area (Å²) in [5.74, 6) is -0.424. The molecule has 1 amide bonds. The molecule has 2 heterocycles. The predicted octanol–water partition coefficient (Wildman–Crippen LogP) is 2.41. The average molecular weight is 288 g/mol. The zero-order valence-electron chi connectivity index (χ0n) is 12.7. The molecule has 2 aromatic rings. The number of nitrogens with zero attached hydrogens (tertiary/aromatic N) is 2. The van der Waals surface area contributed by atoms with Crippen LogP contribution < -0.4 is 10.7 Å². The van der Waals surface area contributed by atoms with Crippen molar-refractivity contribution < 1.29 is 4.79 Å². The van der Waals surface area contributed by atoms with Crippen LogP contribution in [0.5, 0.6) is 0 Å². The topological polar surface area (TPSA) is 79.8 Å². The minimum absolute atomic E-state index is 0.102. The summed E-state index contributed by atoms with van der Waals surface area (Å²) in [4.78, 5) is 27.0. The van der Waals surface area contributed by atoms with Gasteiger partial charge in [0.15, 0.2) is 5.43 Å². The van der Waals surface area contributed by atoms with E-state index in [0.717, 1.165) is 12.1 Å². The average Bonchev–Trinajstić information content (AvgIpc) is 2.82. The number of hydrogen-bond acceptors (Lipinski definition) is 3. The van der Waals surface area contributed by atoms with E-state index in [1.165, 1.54) is 6.20 Å². The van der Waals surface area contributed by atoms with E-state index in [1.54, 1.807) is 19.3 Å². The van der Waals surface area contributed by atoms with Gasteiger partial charge in [0.1, 0.15) is 5.56 Å². The molecule has 0 saturated carbocycles. The van der Waals surface area contributed by atoms with Gasteiger partial charge in [0, 0.05) is 24.0 Å². The van der Waals surface area contributed by atoms with Crippen molar-refractivity contribution in [1.29, 1.82) is 0 Å². The molecule has 6 heteroatoms. The summed E-state index contributed by atoms with van der Waals surface area (Å²) >= 11 is 0. The summed E-state index contributed by atoms with van der Waals surface area (Å²) < 4.78 is 1.87. The first-order valence-electron chi connectivity index (χ1n) is 6.98. The Hall–Kier alpha value is -2.37. The number of aryl methyl sites for hydroxylation is 1. The number of aromatic amines is 1. The highest BCUT2D eigenvalue weighted by molar-refractivity contribution is 6.04. The van der Waals surface area contributed by atoms with E-state index in [4.69, 9.17) is 0 Å². The molecule has 112 valence electrons. The number of carbonyl (C=O) groups excluding carboxylic acids is 1. The van der Waals surface area contributed by atoms with E-state index in [9.17, 15) is 9.59 Å². The Morgan fingerprint density at radius 2 is 2.14 bits per heavy atom. The Labute approximate surface area is 123 Å². The Morgan fingerprint density at radius 1 is 1.43 bits per heavy atom. The van der Waals surface area contributed by atoms with Crippen LogP contribution in [0.2, 0.25) is 0 Å². The molecule has 21 heavy (non-hydrogen) atoms. The predicted molar refractivity (Wildman–Crippen MR) is 81.7 cm³/mol. The molecule has 0 aliphatic rings. The minimum atomic E-state index is -0.424. The van der Waals surface area contributed by atoms with Crippen molar-refractivity contribution in [1.82, 2.24) is 14.8 Å². The summed E-state index contributed by atoms with van der Waals surface area (Å²) in [5.41, 5.74) is 1.85. The van der Waals surface area contributed by atoms with Gasteiger partial charge in [-0.3, -0.25) is 14.3 Å². The standard InChI is InChI=1S/C15H20N4O2/c1-5-10(3)19-11(4)13(8-17-19)18-15(21)12-7-16-6-9(2)14(12)20/h6-8,10H,5H2,1-4H3,(H,16,20)(H,18,21). The molecule has 1 atom stereocenters. The van der Waals surface area contributed by atoms with Gasteiger partial charge in [-0.1, -0.05) is 6.92 Å². The summed E-state index contributed by atoms with van der Waals surface area (Å²) in [5, 5.41) is 7.04. The van der Waals surface area contributed by atoms with Gasteiger partial charge in [-0.05, 0) is 27.2 Å². The number of pyridine rings is 1. The molecule has 0 aliphatic carbocycles. The van der Waals surface area contributed by atoms with Crippen molar-refractivity contribution in [3.63, 3.8) is 0 Å². The first kappa shape index (κ1) is 15.0. The highest BCUT2D eigenvalue weighted by Crippen LogP contribution is 2.19. The molecule has 0 spiro atoms. The van der Waals surface area contributed by atoms with Crippen LogP contribution >= 0.6 is 0 Å². The molecule has 2 N–H and O–H groups in total. The van der Waals surface area contributed by atoms with Crippen LogP contribution in [0.15, 0.2) is 23.4 Å². The third-order valence-corrected chi connectivity index (χ3v) is 3.68. The number of anilines is 1. The second kappa shape index (κ2) is 5.95. The first-order valence-corrected chi connectivity index (χ1v) is 6.98. The van der Waals surface area contributed by atoms with Gasteiger partial charge in [0.25, 0.3) is 5.91 Å². The lowest BCUT2D eigenvalue weighted by Gasteiger charge is -2.12. The van der Waals surface area contributed by atoms with Crippen molar-refractivity contribution in [2.45, 2.75) is 40.2 Å².